The first-order valence-corrected chi connectivity index (χ1v) is 5.79. The third-order valence-electron chi connectivity index (χ3n) is 2.08. The van der Waals surface area contributed by atoms with Crippen LogP contribution in [0.5, 0.6) is 0 Å². The molecule has 0 aromatic heterocycles. The lowest BCUT2D eigenvalue weighted by Crippen LogP contribution is -2.50. The number of amides is 1. The maximum atomic E-state index is 11.7. The molecule has 0 bridgehead atoms. The fourth-order valence-electron chi connectivity index (χ4n) is 1.17. The minimum Gasteiger partial charge on any atom is -0.390 e. The van der Waals surface area contributed by atoms with Crippen LogP contribution in [-0.2, 0) is 4.79 Å². The summed E-state index contributed by atoms with van der Waals surface area (Å²) in [6.07, 6.45) is 0.625. The molecule has 0 saturated carbocycles. The minimum atomic E-state index is -0.687. The van der Waals surface area contributed by atoms with Gasteiger partial charge in [0.25, 0.3) is 0 Å². The van der Waals surface area contributed by atoms with E-state index >= 15 is 0 Å². The van der Waals surface area contributed by atoms with Gasteiger partial charge in [0, 0.05) is 5.54 Å². The summed E-state index contributed by atoms with van der Waals surface area (Å²) in [5.74, 6) is -0.0109. The summed E-state index contributed by atoms with van der Waals surface area (Å²) in [5, 5.41) is 15.5. The van der Waals surface area contributed by atoms with Gasteiger partial charge in [0.05, 0.1) is 11.6 Å². The predicted molar refractivity (Wildman–Crippen MR) is 66.3 cm³/mol. The molecule has 0 aromatic carbocycles. The van der Waals surface area contributed by atoms with Gasteiger partial charge in [0.1, 0.15) is 0 Å². The quantitative estimate of drug-likeness (QED) is 0.661. The Morgan fingerprint density at radius 1 is 1.25 bits per heavy atom. The Morgan fingerprint density at radius 2 is 1.75 bits per heavy atom. The topological polar surface area (TPSA) is 61.4 Å². The highest BCUT2D eigenvalue weighted by Gasteiger charge is 2.19. The number of rotatable bonds is 5. The van der Waals surface area contributed by atoms with Crippen LogP contribution in [-0.4, -0.2) is 34.7 Å². The molecule has 96 valence electrons. The molecule has 4 nitrogen and oxygen atoms in total. The summed E-state index contributed by atoms with van der Waals surface area (Å²) in [6, 6.07) is -0.235. The van der Waals surface area contributed by atoms with Crippen molar-refractivity contribution in [2.75, 3.05) is 6.54 Å². The molecule has 0 heterocycles. The van der Waals surface area contributed by atoms with Crippen LogP contribution in [0, 0.1) is 0 Å². The van der Waals surface area contributed by atoms with Crippen LogP contribution in [0.15, 0.2) is 0 Å². The Balaban J connectivity index is 3.89. The SMILES string of the molecule is CC(NCCC(C)(C)O)C(=O)NC(C)(C)C. The molecule has 0 aliphatic heterocycles. The number of carbonyl (C=O) groups excluding carboxylic acids is 1. The number of nitrogens with one attached hydrogen (secondary N) is 2. The summed E-state index contributed by atoms with van der Waals surface area (Å²) in [7, 11) is 0. The molecule has 0 aromatic rings. The summed E-state index contributed by atoms with van der Waals surface area (Å²) < 4.78 is 0. The Labute approximate surface area is 98.8 Å². The van der Waals surface area contributed by atoms with Gasteiger partial charge in [-0.3, -0.25) is 4.79 Å². The average Bonchev–Trinajstić information content (AvgIpc) is 1.98. The van der Waals surface area contributed by atoms with Gasteiger partial charge in [-0.25, -0.2) is 0 Å². The van der Waals surface area contributed by atoms with Crippen LogP contribution in [0.2, 0.25) is 0 Å². The first-order chi connectivity index (χ1) is 7.01. The molecule has 16 heavy (non-hydrogen) atoms. The summed E-state index contributed by atoms with van der Waals surface area (Å²) in [6.45, 7) is 11.8. The van der Waals surface area contributed by atoms with E-state index in [2.05, 4.69) is 10.6 Å². The molecule has 3 N–H and O–H groups in total. The van der Waals surface area contributed by atoms with E-state index in [1.807, 2.05) is 27.7 Å². The van der Waals surface area contributed by atoms with Gasteiger partial charge in [-0.05, 0) is 54.5 Å². The third-order valence-corrected chi connectivity index (χ3v) is 2.08. The van der Waals surface area contributed by atoms with E-state index in [4.69, 9.17) is 0 Å². The van der Waals surface area contributed by atoms with Crippen molar-refractivity contribution < 1.29 is 9.90 Å². The van der Waals surface area contributed by atoms with Crippen molar-refractivity contribution in [2.24, 2.45) is 0 Å². The zero-order valence-corrected chi connectivity index (χ0v) is 11.3. The van der Waals surface area contributed by atoms with Crippen LogP contribution >= 0.6 is 0 Å². The molecular formula is C12H26N2O2. The van der Waals surface area contributed by atoms with E-state index in [9.17, 15) is 9.90 Å². The highest BCUT2D eigenvalue weighted by atomic mass is 16.3. The molecule has 1 atom stereocenters. The van der Waals surface area contributed by atoms with E-state index in [-0.39, 0.29) is 17.5 Å². The van der Waals surface area contributed by atoms with E-state index < -0.39 is 5.60 Å². The summed E-state index contributed by atoms with van der Waals surface area (Å²) in [5.41, 5.74) is -0.892. The first kappa shape index (κ1) is 15.4. The molecule has 0 rings (SSSR count). The van der Waals surface area contributed by atoms with Gasteiger partial charge >= 0.3 is 0 Å². The van der Waals surface area contributed by atoms with Crippen molar-refractivity contribution in [3.63, 3.8) is 0 Å². The van der Waals surface area contributed by atoms with Gasteiger partial charge in [0.2, 0.25) is 5.91 Å². The van der Waals surface area contributed by atoms with E-state index in [1.54, 1.807) is 13.8 Å². The number of aliphatic hydroxyl groups is 1. The molecule has 1 unspecified atom stereocenters. The molecule has 0 aliphatic rings. The van der Waals surface area contributed by atoms with Gasteiger partial charge < -0.3 is 15.7 Å². The minimum absolute atomic E-state index is 0.0109. The number of carbonyl (C=O) groups is 1. The third kappa shape index (κ3) is 8.68. The van der Waals surface area contributed by atoms with Crippen molar-refractivity contribution >= 4 is 5.91 Å². The van der Waals surface area contributed by atoms with Crippen LogP contribution < -0.4 is 10.6 Å². The lowest BCUT2D eigenvalue weighted by atomic mass is 10.1. The molecule has 0 spiro atoms. The van der Waals surface area contributed by atoms with Gasteiger partial charge in [-0.2, -0.15) is 0 Å². The lowest BCUT2D eigenvalue weighted by Gasteiger charge is -2.24. The smallest absolute Gasteiger partial charge is 0.237 e. The largest absolute Gasteiger partial charge is 0.390 e. The van der Waals surface area contributed by atoms with Crippen molar-refractivity contribution in [1.29, 1.82) is 0 Å². The van der Waals surface area contributed by atoms with Crippen molar-refractivity contribution in [3.8, 4) is 0 Å². The van der Waals surface area contributed by atoms with Crippen LogP contribution in [0.4, 0.5) is 0 Å². The second-order valence-corrected chi connectivity index (χ2v) is 5.98. The summed E-state index contributed by atoms with van der Waals surface area (Å²) >= 11 is 0. The molecule has 0 fully saturated rings. The average molecular weight is 230 g/mol. The van der Waals surface area contributed by atoms with Gasteiger partial charge in [0.15, 0.2) is 0 Å². The second kappa shape index (κ2) is 5.64. The maximum Gasteiger partial charge on any atom is 0.237 e. The van der Waals surface area contributed by atoms with E-state index in [0.29, 0.717) is 13.0 Å². The fourth-order valence-corrected chi connectivity index (χ4v) is 1.17. The van der Waals surface area contributed by atoms with Gasteiger partial charge in [-0.15, -0.1) is 0 Å². The lowest BCUT2D eigenvalue weighted by molar-refractivity contribution is -0.124. The van der Waals surface area contributed by atoms with Crippen molar-refractivity contribution in [1.82, 2.24) is 10.6 Å². The number of hydrogen-bond acceptors (Lipinski definition) is 3. The maximum absolute atomic E-state index is 11.7. The standard InChI is InChI=1S/C12H26N2O2/c1-9(10(15)14-11(2,3)4)13-8-7-12(5,6)16/h9,13,16H,7-8H2,1-6H3,(H,14,15). The monoisotopic (exact) mass is 230 g/mol. The molecule has 0 saturated heterocycles. The first-order valence-electron chi connectivity index (χ1n) is 5.79. The van der Waals surface area contributed by atoms with Crippen molar-refractivity contribution in [3.05, 3.63) is 0 Å². The molecule has 0 radical (unpaired) electrons. The van der Waals surface area contributed by atoms with Crippen LogP contribution in [0.25, 0.3) is 0 Å². The molecular weight excluding hydrogens is 204 g/mol. The fraction of sp³-hybridized carbons (Fsp3) is 0.917. The second-order valence-electron chi connectivity index (χ2n) is 5.98. The molecule has 4 heteroatoms. The summed E-state index contributed by atoms with van der Waals surface area (Å²) in [4.78, 5) is 11.7. The predicted octanol–water partition coefficient (Wildman–Crippen LogP) is 1.04. The zero-order chi connectivity index (χ0) is 13.0. The Bertz CT molecular complexity index is 226. The molecule has 1 amide bonds. The Morgan fingerprint density at radius 3 is 2.12 bits per heavy atom. The Kier molecular flexibility index (Phi) is 5.42. The normalized spacial score (nSPS) is 14.7. The number of hydrogen-bond donors (Lipinski definition) is 3. The zero-order valence-electron chi connectivity index (χ0n) is 11.3. The Hall–Kier alpha value is -0.610. The van der Waals surface area contributed by atoms with Gasteiger partial charge in [-0.1, -0.05) is 0 Å². The highest BCUT2D eigenvalue weighted by Crippen LogP contribution is 2.05. The van der Waals surface area contributed by atoms with Crippen molar-refractivity contribution in [2.45, 2.75) is 65.1 Å². The molecule has 0 aliphatic carbocycles. The van der Waals surface area contributed by atoms with E-state index in [0.717, 1.165) is 0 Å². The van der Waals surface area contributed by atoms with E-state index in [1.165, 1.54) is 0 Å². The van der Waals surface area contributed by atoms with Crippen LogP contribution in [0.3, 0.4) is 0 Å². The van der Waals surface area contributed by atoms with Crippen LogP contribution in [0.1, 0.15) is 48.0 Å². The highest BCUT2D eigenvalue weighted by molar-refractivity contribution is 5.81.